The van der Waals surface area contributed by atoms with Gasteiger partial charge in [0.05, 0.1) is 17.0 Å². The third-order valence-electron chi connectivity index (χ3n) is 7.31. The molecule has 1 saturated carbocycles. The van der Waals surface area contributed by atoms with Crippen LogP contribution in [0.25, 0.3) is 11.3 Å². The molecule has 0 unspecified atom stereocenters. The molecule has 1 fully saturated rings. The monoisotopic (exact) mass is 493 g/mol. The van der Waals surface area contributed by atoms with Gasteiger partial charge in [0.25, 0.3) is 11.8 Å². The van der Waals surface area contributed by atoms with Gasteiger partial charge >= 0.3 is 0 Å². The Morgan fingerprint density at radius 3 is 2.74 bits per heavy atom. The predicted molar refractivity (Wildman–Crippen MR) is 126 cm³/mol. The number of hydrogen-bond donors (Lipinski definition) is 3. The van der Waals surface area contributed by atoms with Crippen molar-refractivity contribution < 1.29 is 14.0 Å². The molecular weight excluding hydrogens is 473 g/mol. The third-order valence-corrected chi connectivity index (χ3v) is 7.48. The van der Waals surface area contributed by atoms with E-state index in [4.69, 9.17) is 11.6 Å². The molecule has 178 valence electrons. The fraction of sp³-hybridized carbons (Fsp3) is 0.375. The van der Waals surface area contributed by atoms with Gasteiger partial charge in [-0.3, -0.25) is 9.59 Å². The summed E-state index contributed by atoms with van der Waals surface area (Å²) >= 11 is 6.16. The van der Waals surface area contributed by atoms with Crippen LogP contribution in [0.2, 0.25) is 5.28 Å². The number of aromatic amines is 1. The van der Waals surface area contributed by atoms with Gasteiger partial charge in [0.1, 0.15) is 11.4 Å². The van der Waals surface area contributed by atoms with Gasteiger partial charge in [0.15, 0.2) is 11.6 Å². The maximum Gasteiger partial charge on any atom is 0.259 e. The Hall–Kier alpha value is -3.53. The van der Waals surface area contributed by atoms with E-state index in [0.29, 0.717) is 66.9 Å². The van der Waals surface area contributed by atoms with Crippen molar-refractivity contribution in [1.29, 1.82) is 0 Å². The van der Waals surface area contributed by atoms with Crippen LogP contribution in [0.3, 0.4) is 0 Å². The van der Waals surface area contributed by atoms with Crippen molar-refractivity contribution in [2.45, 2.75) is 44.6 Å². The molecule has 3 N–H and O–H groups in total. The average molecular weight is 494 g/mol. The van der Waals surface area contributed by atoms with E-state index < -0.39 is 5.82 Å². The largest absolute Gasteiger partial charge is 0.357 e. The van der Waals surface area contributed by atoms with E-state index >= 15 is 4.39 Å². The number of nitrogens with one attached hydrogen (secondary N) is 3. The number of rotatable bonds is 3. The van der Waals surface area contributed by atoms with E-state index in [9.17, 15) is 9.59 Å². The van der Waals surface area contributed by atoms with Crippen LogP contribution >= 0.6 is 11.6 Å². The van der Waals surface area contributed by atoms with Crippen molar-refractivity contribution in [2.24, 2.45) is 0 Å². The molecule has 0 spiro atoms. The van der Waals surface area contributed by atoms with Crippen molar-refractivity contribution in [3.05, 3.63) is 50.9 Å². The number of halogens is 2. The lowest BCUT2D eigenvalue weighted by molar-refractivity contribution is 0.0725. The number of aryl methyl sites for hydroxylation is 1. The zero-order valence-corrected chi connectivity index (χ0v) is 19.4. The molecule has 2 aliphatic carbocycles. The molecule has 35 heavy (non-hydrogen) atoms. The molecule has 3 aromatic rings. The van der Waals surface area contributed by atoms with Gasteiger partial charge < -0.3 is 20.5 Å². The molecule has 7 rings (SSSR count). The number of hydrogen-bond acceptors (Lipinski definition) is 6. The van der Waals surface area contributed by atoms with Gasteiger partial charge in [-0.15, -0.1) is 0 Å². The van der Waals surface area contributed by atoms with Crippen LogP contribution in [-0.4, -0.2) is 55.8 Å². The summed E-state index contributed by atoms with van der Waals surface area (Å²) in [5.74, 6) is -0.754. The Morgan fingerprint density at radius 2 is 1.91 bits per heavy atom. The minimum absolute atomic E-state index is 0.0115. The van der Waals surface area contributed by atoms with Crippen molar-refractivity contribution in [3.63, 3.8) is 0 Å². The van der Waals surface area contributed by atoms with E-state index in [1.807, 2.05) is 4.90 Å². The van der Waals surface area contributed by atoms with Crippen LogP contribution in [-0.2, 0) is 25.7 Å². The van der Waals surface area contributed by atoms with Gasteiger partial charge in [0, 0.05) is 49.4 Å². The molecule has 5 heterocycles. The van der Waals surface area contributed by atoms with Crippen LogP contribution in [0, 0.1) is 5.82 Å². The molecule has 11 heteroatoms. The van der Waals surface area contributed by atoms with E-state index in [-0.39, 0.29) is 34.8 Å². The molecular formula is C24H21ClFN7O2. The molecule has 4 aliphatic rings. The summed E-state index contributed by atoms with van der Waals surface area (Å²) in [4.78, 5) is 43.7. The maximum absolute atomic E-state index is 16.0. The van der Waals surface area contributed by atoms with Crippen molar-refractivity contribution in [3.8, 4) is 11.3 Å². The standard InChI is InChI=1S/C24H21ClFN7O2/c25-24-30-14-6-8-33(11-2-3-11)23(35)17(14)20(32-24)31-21-18(26)15-10(9-28-21)1-4-12-16-13(29-19(12)15)5-7-27-22(16)34/h9,11,29H,1-8H2,(H,27,34)(H,28,30,31,32). The van der Waals surface area contributed by atoms with Gasteiger partial charge in [-0.25, -0.2) is 14.4 Å². The Kier molecular flexibility index (Phi) is 4.45. The summed E-state index contributed by atoms with van der Waals surface area (Å²) in [7, 11) is 0. The van der Waals surface area contributed by atoms with Crippen molar-refractivity contribution >= 4 is 35.1 Å². The SMILES string of the molecule is O=C1NCCc2[nH]c3c(c21)CCc1cnc(Nc2nc(Cl)nc4c2C(=O)N(C2CC2)CC4)c(F)c1-3. The minimum atomic E-state index is -0.562. The second-order valence-corrected chi connectivity index (χ2v) is 9.76. The van der Waals surface area contributed by atoms with Crippen LogP contribution in [0.5, 0.6) is 0 Å². The molecule has 0 saturated heterocycles. The summed E-state index contributed by atoms with van der Waals surface area (Å²) < 4.78 is 16.0. The zero-order valence-electron chi connectivity index (χ0n) is 18.7. The predicted octanol–water partition coefficient (Wildman–Crippen LogP) is 2.95. The zero-order chi connectivity index (χ0) is 23.8. The quantitative estimate of drug-likeness (QED) is 0.483. The van der Waals surface area contributed by atoms with E-state index in [2.05, 4.69) is 30.6 Å². The summed E-state index contributed by atoms with van der Waals surface area (Å²) in [6.07, 6.45) is 6.06. The highest BCUT2D eigenvalue weighted by Gasteiger charge is 2.39. The van der Waals surface area contributed by atoms with Crippen LogP contribution < -0.4 is 10.6 Å². The Morgan fingerprint density at radius 1 is 1.06 bits per heavy atom. The highest BCUT2D eigenvalue weighted by atomic mass is 35.5. The van der Waals surface area contributed by atoms with Gasteiger partial charge in [-0.1, -0.05) is 0 Å². The lowest BCUT2D eigenvalue weighted by Gasteiger charge is -2.29. The van der Waals surface area contributed by atoms with Gasteiger partial charge in [-0.05, 0) is 48.4 Å². The molecule has 0 radical (unpaired) electrons. The fourth-order valence-electron chi connectivity index (χ4n) is 5.53. The average Bonchev–Trinajstić information content (AvgIpc) is 3.60. The number of fused-ring (bicyclic) bond motifs is 6. The summed E-state index contributed by atoms with van der Waals surface area (Å²) in [6.45, 7) is 1.14. The molecule has 9 nitrogen and oxygen atoms in total. The minimum Gasteiger partial charge on any atom is -0.357 e. The first-order chi connectivity index (χ1) is 17.0. The normalized spacial score (nSPS) is 18.4. The van der Waals surface area contributed by atoms with E-state index in [1.54, 1.807) is 6.20 Å². The lowest BCUT2D eigenvalue weighted by atomic mass is 9.88. The molecule has 0 aromatic carbocycles. The lowest BCUT2D eigenvalue weighted by Crippen LogP contribution is -2.40. The first-order valence-electron chi connectivity index (χ1n) is 11.8. The molecule has 2 amide bonds. The Balaban J connectivity index is 1.32. The number of carbonyl (C=O) groups excluding carboxylic acids is 2. The van der Waals surface area contributed by atoms with Crippen LogP contribution in [0.1, 0.15) is 56.1 Å². The number of pyridine rings is 1. The Bertz CT molecular complexity index is 1450. The number of nitrogens with zero attached hydrogens (tertiary/aromatic N) is 4. The summed E-state index contributed by atoms with van der Waals surface area (Å²) in [5.41, 5.74) is 4.94. The molecule has 0 atom stereocenters. The topological polar surface area (TPSA) is 116 Å². The second-order valence-electron chi connectivity index (χ2n) is 9.43. The van der Waals surface area contributed by atoms with E-state index in [1.165, 1.54) is 0 Å². The second kappa shape index (κ2) is 7.48. The van der Waals surface area contributed by atoms with Gasteiger partial charge in [-0.2, -0.15) is 4.98 Å². The number of carbonyl (C=O) groups is 2. The van der Waals surface area contributed by atoms with Crippen molar-refractivity contribution in [1.82, 2.24) is 30.2 Å². The van der Waals surface area contributed by atoms with Gasteiger partial charge in [0.2, 0.25) is 5.28 Å². The number of amides is 2. The molecule has 3 aromatic heterocycles. The highest BCUT2D eigenvalue weighted by molar-refractivity contribution is 6.28. The summed E-state index contributed by atoms with van der Waals surface area (Å²) in [5, 5.41) is 5.80. The Labute approximate surface area is 204 Å². The smallest absolute Gasteiger partial charge is 0.259 e. The third kappa shape index (κ3) is 3.16. The fourth-order valence-corrected chi connectivity index (χ4v) is 5.72. The summed E-state index contributed by atoms with van der Waals surface area (Å²) in [6, 6.07) is 0.243. The van der Waals surface area contributed by atoms with E-state index in [0.717, 1.165) is 29.7 Å². The maximum atomic E-state index is 16.0. The highest BCUT2D eigenvalue weighted by Crippen LogP contribution is 2.41. The number of aromatic nitrogens is 4. The first kappa shape index (κ1) is 20.8. The molecule has 2 aliphatic heterocycles. The van der Waals surface area contributed by atoms with Crippen LogP contribution in [0.4, 0.5) is 16.0 Å². The number of anilines is 2. The molecule has 0 bridgehead atoms. The van der Waals surface area contributed by atoms with Crippen LogP contribution in [0.15, 0.2) is 6.20 Å². The first-order valence-corrected chi connectivity index (χ1v) is 12.2. The number of H-pyrrole nitrogens is 1. The van der Waals surface area contributed by atoms with Crippen molar-refractivity contribution in [2.75, 3.05) is 18.4 Å².